The molecule has 0 fully saturated rings. The topological polar surface area (TPSA) is 45.9 Å². The summed E-state index contributed by atoms with van der Waals surface area (Å²) < 4.78 is 5.88. The molecule has 3 nitrogen and oxygen atoms in total. The van der Waals surface area contributed by atoms with Gasteiger partial charge >= 0.3 is 0 Å². The Morgan fingerprint density at radius 3 is 2.64 bits per heavy atom. The van der Waals surface area contributed by atoms with E-state index in [9.17, 15) is 5.26 Å². The van der Waals surface area contributed by atoms with E-state index < -0.39 is 0 Å². The normalized spacial score (nSPS) is 11.8. The SMILES string of the molecule is CCOc1c(C(C)C#N)cc(Cl)c(C)c1-c1cncc(C)c1. The Bertz CT molecular complexity index is 735. The van der Waals surface area contributed by atoms with Crippen molar-refractivity contribution < 1.29 is 4.74 Å². The first-order valence-corrected chi connectivity index (χ1v) is 7.64. The van der Waals surface area contributed by atoms with E-state index in [-0.39, 0.29) is 5.92 Å². The Labute approximate surface area is 136 Å². The highest BCUT2D eigenvalue weighted by Gasteiger charge is 2.21. The van der Waals surface area contributed by atoms with Gasteiger partial charge in [0.1, 0.15) is 5.75 Å². The van der Waals surface area contributed by atoms with Crippen molar-refractivity contribution in [3.63, 3.8) is 0 Å². The number of nitriles is 1. The second-order valence-corrected chi connectivity index (χ2v) is 5.72. The molecule has 1 aromatic heterocycles. The fourth-order valence-corrected chi connectivity index (χ4v) is 2.69. The maximum absolute atomic E-state index is 9.29. The highest BCUT2D eigenvalue weighted by Crippen LogP contribution is 2.42. The molecule has 0 N–H and O–H groups in total. The van der Waals surface area contributed by atoms with Crippen LogP contribution in [0, 0.1) is 25.2 Å². The molecule has 4 heteroatoms. The predicted octanol–water partition coefficient (Wildman–Crippen LogP) is 5.04. The largest absolute Gasteiger partial charge is 0.493 e. The minimum Gasteiger partial charge on any atom is -0.493 e. The average Bonchev–Trinajstić information content (AvgIpc) is 2.50. The Kier molecular flexibility index (Phi) is 5.05. The summed E-state index contributed by atoms with van der Waals surface area (Å²) in [6.45, 7) is 8.27. The van der Waals surface area contributed by atoms with Gasteiger partial charge in [0.15, 0.2) is 0 Å². The minimum absolute atomic E-state index is 0.295. The van der Waals surface area contributed by atoms with E-state index in [0.717, 1.165) is 33.6 Å². The van der Waals surface area contributed by atoms with Crippen LogP contribution in [0.25, 0.3) is 11.1 Å². The third-order valence-corrected chi connectivity index (χ3v) is 4.01. The zero-order valence-electron chi connectivity index (χ0n) is 13.3. The number of ether oxygens (including phenoxy) is 1. The van der Waals surface area contributed by atoms with Gasteiger partial charge in [0.05, 0.1) is 18.6 Å². The van der Waals surface area contributed by atoms with Gasteiger partial charge in [-0.25, -0.2) is 0 Å². The van der Waals surface area contributed by atoms with Crippen LogP contribution < -0.4 is 4.74 Å². The lowest BCUT2D eigenvalue weighted by Gasteiger charge is -2.20. The molecule has 114 valence electrons. The number of rotatable bonds is 4. The first kappa shape index (κ1) is 16.3. The van der Waals surface area contributed by atoms with E-state index in [2.05, 4.69) is 17.1 Å². The monoisotopic (exact) mass is 314 g/mol. The zero-order chi connectivity index (χ0) is 16.3. The molecule has 1 aromatic carbocycles. The Morgan fingerprint density at radius 1 is 1.32 bits per heavy atom. The van der Waals surface area contributed by atoms with Crippen molar-refractivity contribution >= 4 is 11.6 Å². The van der Waals surface area contributed by atoms with Crippen LogP contribution in [-0.2, 0) is 0 Å². The molecule has 0 saturated heterocycles. The van der Waals surface area contributed by atoms with Gasteiger partial charge in [-0.05, 0) is 51.0 Å². The molecule has 0 amide bonds. The lowest BCUT2D eigenvalue weighted by molar-refractivity contribution is 0.337. The molecule has 0 saturated carbocycles. The van der Waals surface area contributed by atoms with E-state index >= 15 is 0 Å². The van der Waals surface area contributed by atoms with E-state index in [4.69, 9.17) is 16.3 Å². The van der Waals surface area contributed by atoms with E-state index in [0.29, 0.717) is 11.6 Å². The summed E-state index contributed by atoms with van der Waals surface area (Å²) >= 11 is 6.40. The van der Waals surface area contributed by atoms with Gasteiger partial charge in [0.2, 0.25) is 0 Å². The standard InChI is InChI=1S/C18H19ClN2O/c1-5-22-18-15(12(3)8-20)7-16(19)13(4)17(18)14-6-11(2)9-21-10-14/h6-7,9-10,12H,5H2,1-4H3. The number of pyridine rings is 1. The van der Waals surface area contributed by atoms with Crippen molar-refractivity contribution in [1.29, 1.82) is 5.26 Å². The van der Waals surface area contributed by atoms with Crippen LogP contribution in [-0.4, -0.2) is 11.6 Å². The minimum atomic E-state index is -0.295. The molecule has 0 aliphatic carbocycles. The molecular formula is C18H19ClN2O. The lowest BCUT2D eigenvalue weighted by atomic mass is 9.92. The van der Waals surface area contributed by atoms with Gasteiger partial charge in [0, 0.05) is 34.1 Å². The summed E-state index contributed by atoms with van der Waals surface area (Å²) in [4.78, 5) is 4.26. The second kappa shape index (κ2) is 6.81. The molecule has 1 heterocycles. The van der Waals surface area contributed by atoms with Crippen LogP contribution >= 0.6 is 11.6 Å². The summed E-state index contributed by atoms with van der Waals surface area (Å²) in [7, 11) is 0. The molecular weight excluding hydrogens is 296 g/mol. The summed E-state index contributed by atoms with van der Waals surface area (Å²) in [5, 5.41) is 9.92. The molecule has 1 unspecified atom stereocenters. The van der Waals surface area contributed by atoms with Gasteiger partial charge in [-0.1, -0.05) is 11.6 Å². The molecule has 2 rings (SSSR count). The molecule has 0 aliphatic rings. The Balaban J connectivity index is 2.80. The average molecular weight is 315 g/mol. The summed E-state index contributed by atoms with van der Waals surface area (Å²) in [5.74, 6) is 0.432. The van der Waals surface area contributed by atoms with Crippen molar-refractivity contribution in [2.75, 3.05) is 6.61 Å². The van der Waals surface area contributed by atoms with Crippen molar-refractivity contribution in [3.05, 3.63) is 46.2 Å². The fourth-order valence-electron chi connectivity index (χ4n) is 2.47. The van der Waals surface area contributed by atoms with Gasteiger partial charge in [0.25, 0.3) is 0 Å². The first-order chi connectivity index (χ1) is 10.5. The van der Waals surface area contributed by atoms with Crippen molar-refractivity contribution in [1.82, 2.24) is 4.98 Å². The second-order valence-electron chi connectivity index (χ2n) is 5.31. The van der Waals surface area contributed by atoms with Crippen LogP contribution in [0.3, 0.4) is 0 Å². The summed E-state index contributed by atoms with van der Waals surface area (Å²) in [5.41, 5.74) is 4.69. The summed E-state index contributed by atoms with van der Waals surface area (Å²) in [6.07, 6.45) is 3.61. The summed E-state index contributed by atoms with van der Waals surface area (Å²) in [6, 6.07) is 6.15. The molecule has 0 bridgehead atoms. The van der Waals surface area contributed by atoms with Crippen LogP contribution in [0.1, 0.15) is 36.5 Å². The smallest absolute Gasteiger partial charge is 0.132 e. The van der Waals surface area contributed by atoms with Gasteiger partial charge in [-0.3, -0.25) is 4.98 Å². The lowest BCUT2D eigenvalue weighted by Crippen LogP contribution is -2.03. The molecule has 2 aromatic rings. The molecule has 0 aliphatic heterocycles. The first-order valence-electron chi connectivity index (χ1n) is 7.27. The maximum atomic E-state index is 9.29. The van der Waals surface area contributed by atoms with Crippen molar-refractivity contribution in [3.8, 4) is 22.9 Å². The van der Waals surface area contributed by atoms with Crippen molar-refractivity contribution in [2.24, 2.45) is 0 Å². The molecule has 0 radical (unpaired) electrons. The Morgan fingerprint density at radius 2 is 2.05 bits per heavy atom. The quantitative estimate of drug-likeness (QED) is 0.793. The number of aromatic nitrogens is 1. The number of halogens is 1. The Hall–Kier alpha value is -2.05. The van der Waals surface area contributed by atoms with Crippen LogP contribution in [0.4, 0.5) is 0 Å². The van der Waals surface area contributed by atoms with Crippen LogP contribution in [0.2, 0.25) is 5.02 Å². The zero-order valence-corrected chi connectivity index (χ0v) is 14.0. The van der Waals surface area contributed by atoms with Gasteiger partial charge in [-0.15, -0.1) is 0 Å². The van der Waals surface area contributed by atoms with Gasteiger partial charge < -0.3 is 4.74 Å². The highest BCUT2D eigenvalue weighted by atomic mass is 35.5. The van der Waals surface area contributed by atoms with E-state index in [1.807, 2.05) is 40.0 Å². The molecule has 1 atom stereocenters. The third kappa shape index (κ3) is 3.08. The fraction of sp³-hybridized carbons (Fsp3) is 0.333. The number of nitrogens with zero attached hydrogens (tertiary/aromatic N) is 2. The van der Waals surface area contributed by atoms with E-state index in [1.165, 1.54) is 0 Å². The van der Waals surface area contributed by atoms with Crippen molar-refractivity contribution in [2.45, 2.75) is 33.6 Å². The van der Waals surface area contributed by atoms with E-state index in [1.54, 1.807) is 6.20 Å². The molecule has 22 heavy (non-hydrogen) atoms. The van der Waals surface area contributed by atoms with Crippen LogP contribution in [0.5, 0.6) is 5.75 Å². The van der Waals surface area contributed by atoms with Crippen LogP contribution in [0.15, 0.2) is 24.5 Å². The number of aryl methyl sites for hydroxylation is 1. The molecule has 0 spiro atoms. The van der Waals surface area contributed by atoms with Gasteiger partial charge in [-0.2, -0.15) is 5.26 Å². The third-order valence-electron chi connectivity index (χ3n) is 3.62. The number of hydrogen-bond acceptors (Lipinski definition) is 3. The highest BCUT2D eigenvalue weighted by molar-refractivity contribution is 6.32. The number of benzene rings is 1. The maximum Gasteiger partial charge on any atom is 0.132 e. The predicted molar refractivity (Wildman–Crippen MR) is 89.4 cm³/mol. The number of hydrogen-bond donors (Lipinski definition) is 0.